The van der Waals surface area contributed by atoms with Gasteiger partial charge in [-0.25, -0.2) is 32.3 Å². The van der Waals surface area contributed by atoms with Crippen molar-refractivity contribution >= 4 is 31.9 Å². The van der Waals surface area contributed by atoms with Crippen molar-refractivity contribution in [3.05, 3.63) is 57.8 Å². The number of benzene rings is 1. The third-order valence-corrected chi connectivity index (χ3v) is 7.32. The highest BCUT2D eigenvalue weighted by molar-refractivity contribution is 9.10. The van der Waals surface area contributed by atoms with Gasteiger partial charge in [0.15, 0.2) is 0 Å². The van der Waals surface area contributed by atoms with Gasteiger partial charge >= 0.3 is 5.97 Å². The van der Waals surface area contributed by atoms with E-state index in [1.54, 1.807) is 34.6 Å². The van der Waals surface area contributed by atoms with Gasteiger partial charge in [-0.05, 0) is 52.8 Å². The predicted molar refractivity (Wildman–Crippen MR) is 115 cm³/mol. The Kier molecular flexibility index (Phi) is 7.36. The number of carbonyl (C=O) groups is 1. The first-order valence-electron chi connectivity index (χ1n) is 9.26. The number of esters is 1. The van der Waals surface area contributed by atoms with Crippen LogP contribution in [0.2, 0.25) is 0 Å². The summed E-state index contributed by atoms with van der Waals surface area (Å²) in [6, 6.07) is 4.27. The Hall–Kier alpha value is -1.91. The molecule has 30 heavy (non-hydrogen) atoms. The largest absolute Gasteiger partial charge is 0.462 e. The molecule has 0 unspecified atom stereocenters. The van der Waals surface area contributed by atoms with Crippen LogP contribution in [0.4, 0.5) is 4.39 Å². The number of hydrogen-bond donors (Lipinski definition) is 1. The monoisotopic (exact) mass is 501 g/mol. The van der Waals surface area contributed by atoms with E-state index in [0.717, 1.165) is 0 Å². The summed E-state index contributed by atoms with van der Waals surface area (Å²) >= 11 is 3.31. The SMILES string of the molecule is CCOC(=O)c1cncnc1C[C@](C)(NS(=O)(=O)C(C)(C)C)c1cc(Br)ccc1F. The van der Waals surface area contributed by atoms with Crippen LogP contribution in [0.25, 0.3) is 0 Å². The molecule has 7 nitrogen and oxygen atoms in total. The second-order valence-electron chi connectivity index (χ2n) is 7.95. The molecule has 0 saturated heterocycles. The van der Waals surface area contributed by atoms with Crippen molar-refractivity contribution in [1.82, 2.24) is 14.7 Å². The highest BCUT2D eigenvalue weighted by Crippen LogP contribution is 2.33. The van der Waals surface area contributed by atoms with Crippen LogP contribution in [0, 0.1) is 5.82 Å². The molecule has 0 aliphatic heterocycles. The van der Waals surface area contributed by atoms with Gasteiger partial charge in [-0.3, -0.25) is 0 Å². The van der Waals surface area contributed by atoms with Gasteiger partial charge in [-0.15, -0.1) is 0 Å². The third-order valence-electron chi connectivity index (χ3n) is 4.50. The third kappa shape index (κ3) is 5.41. The lowest BCUT2D eigenvalue weighted by Crippen LogP contribution is -2.51. The minimum Gasteiger partial charge on any atom is -0.462 e. The quantitative estimate of drug-likeness (QED) is 0.580. The predicted octanol–water partition coefficient (Wildman–Crippen LogP) is 3.73. The molecule has 1 aromatic carbocycles. The number of hydrogen-bond acceptors (Lipinski definition) is 6. The minimum atomic E-state index is -3.89. The van der Waals surface area contributed by atoms with Gasteiger partial charge in [0, 0.05) is 22.7 Å². The molecule has 0 bridgehead atoms. The summed E-state index contributed by atoms with van der Waals surface area (Å²) in [4.78, 5) is 20.4. The molecule has 0 spiro atoms. The number of rotatable bonds is 7. The minimum absolute atomic E-state index is 0.0935. The zero-order valence-corrected chi connectivity index (χ0v) is 19.9. The van der Waals surface area contributed by atoms with Crippen LogP contribution in [-0.4, -0.2) is 35.7 Å². The normalized spacial score (nSPS) is 14.2. The molecule has 0 radical (unpaired) electrons. The van der Waals surface area contributed by atoms with Gasteiger partial charge < -0.3 is 4.74 Å². The van der Waals surface area contributed by atoms with Crippen molar-refractivity contribution in [2.24, 2.45) is 0 Å². The van der Waals surface area contributed by atoms with Gasteiger partial charge in [0.2, 0.25) is 10.0 Å². The van der Waals surface area contributed by atoms with Gasteiger partial charge in [0.25, 0.3) is 0 Å². The molecule has 1 atom stereocenters. The van der Waals surface area contributed by atoms with Crippen molar-refractivity contribution in [2.45, 2.75) is 51.3 Å². The van der Waals surface area contributed by atoms with Crippen LogP contribution < -0.4 is 4.72 Å². The fourth-order valence-electron chi connectivity index (χ4n) is 2.77. The summed E-state index contributed by atoms with van der Waals surface area (Å²) in [6.07, 6.45) is 2.44. The average Bonchev–Trinajstić information content (AvgIpc) is 2.63. The first-order valence-corrected chi connectivity index (χ1v) is 11.5. The second kappa shape index (κ2) is 9.07. The molecule has 0 amide bonds. The number of ether oxygens (including phenoxy) is 1. The van der Waals surface area contributed by atoms with E-state index in [1.807, 2.05) is 0 Å². The van der Waals surface area contributed by atoms with E-state index in [4.69, 9.17) is 4.74 Å². The molecule has 1 N–H and O–H groups in total. The van der Waals surface area contributed by atoms with E-state index in [0.29, 0.717) is 4.47 Å². The Labute approximate surface area is 184 Å². The van der Waals surface area contributed by atoms with Crippen molar-refractivity contribution in [3.8, 4) is 0 Å². The lowest BCUT2D eigenvalue weighted by atomic mass is 9.87. The maximum absolute atomic E-state index is 14.8. The molecule has 0 aliphatic carbocycles. The fraction of sp³-hybridized carbons (Fsp3) is 0.450. The lowest BCUT2D eigenvalue weighted by molar-refractivity contribution is 0.0523. The van der Waals surface area contributed by atoms with Gasteiger partial charge in [-0.1, -0.05) is 15.9 Å². The average molecular weight is 502 g/mol. The summed E-state index contributed by atoms with van der Waals surface area (Å²) in [7, 11) is -3.89. The second-order valence-corrected chi connectivity index (χ2v) is 11.3. The molecular formula is C20H25BrFN3O4S. The molecule has 2 rings (SSSR count). The molecule has 0 saturated carbocycles. The molecule has 1 heterocycles. The highest BCUT2D eigenvalue weighted by atomic mass is 79.9. The molecule has 1 aromatic heterocycles. The zero-order chi connectivity index (χ0) is 22.7. The molecule has 0 fully saturated rings. The summed E-state index contributed by atoms with van der Waals surface area (Å²) in [6.45, 7) is 8.00. The number of nitrogens with one attached hydrogen (secondary N) is 1. The summed E-state index contributed by atoms with van der Waals surface area (Å²) in [5.41, 5.74) is -1.01. The topological polar surface area (TPSA) is 98.2 Å². The first-order chi connectivity index (χ1) is 13.8. The Morgan fingerprint density at radius 3 is 2.53 bits per heavy atom. The van der Waals surface area contributed by atoms with Gasteiger partial charge in [-0.2, -0.15) is 0 Å². The first kappa shape index (κ1) is 24.4. The van der Waals surface area contributed by atoms with Crippen molar-refractivity contribution < 1.29 is 22.3 Å². The van der Waals surface area contributed by atoms with Crippen LogP contribution >= 0.6 is 15.9 Å². The van der Waals surface area contributed by atoms with E-state index in [1.165, 1.54) is 30.7 Å². The highest BCUT2D eigenvalue weighted by Gasteiger charge is 2.40. The Balaban J connectivity index is 2.64. The van der Waals surface area contributed by atoms with E-state index in [2.05, 4.69) is 30.6 Å². The smallest absolute Gasteiger partial charge is 0.341 e. The standard InChI is InChI=1S/C20H25BrFN3O4S/c1-6-29-18(26)14-11-23-12-24-17(14)10-20(5,25-30(27,28)19(2,3)4)15-9-13(21)7-8-16(15)22/h7-9,11-12,25H,6,10H2,1-5H3/t20-/m0/s1. The van der Waals surface area contributed by atoms with E-state index >= 15 is 0 Å². The van der Waals surface area contributed by atoms with Crippen LogP contribution in [-0.2, 0) is 26.7 Å². The van der Waals surface area contributed by atoms with E-state index < -0.39 is 32.1 Å². The fourth-order valence-corrected chi connectivity index (χ4v) is 4.21. The zero-order valence-electron chi connectivity index (χ0n) is 17.5. The molecular weight excluding hydrogens is 477 g/mol. The van der Waals surface area contributed by atoms with E-state index in [-0.39, 0.29) is 29.8 Å². The molecule has 0 aliphatic rings. The number of aromatic nitrogens is 2. The Morgan fingerprint density at radius 2 is 1.93 bits per heavy atom. The Morgan fingerprint density at radius 1 is 1.27 bits per heavy atom. The number of sulfonamides is 1. The maximum atomic E-state index is 14.8. The molecule has 2 aromatic rings. The van der Waals surface area contributed by atoms with Crippen LogP contribution in [0.5, 0.6) is 0 Å². The summed E-state index contributed by atoms with van der Waals surface area (Å²) in [5, 5.41) is 0. The van der Waals surface area contributed by atoms with Crippen LogP contribution in [0.3, 0.4) is 0 Å². The van der Waals surface area contributed by atoms with Crippen molar-refractivity contribution in [1.29, 1.82) is 0 Å². The van der Waals surface area contributed by atoms with Crippen LogP contribution in [0.1, 0.15) is 56.2 Å². The van der Waals surface area contributed by atoms with E-state index in [9.17, 15) is 17.6 Å². The van der Waals surface area contributed by atoms with Crippen molar-refractivity contribution in [2.75, 3.05) is 6.61 Å². The van der Waals surface area contributed by atoms with Gasteiger partial charge in [0.1, 0.15) is 12.1 Å². The maximum Gasteiger partial charge on any atom is 0.341 e. The van der Waals surface area contributed by atoms with Crippen LogP contribution in [0.15, 0.2) is 35.2 Å². The molecule has 10 heteroatoms. The molecule has 164 valence electrons. The number of nitrogens with zero attached hydrogens (tertiary/aromatic N) is 2. The number of carbonyl (C=O) groups excluding carboxylic acids is 1. The summed E-state index contributed by atoms with van der Waals surface area (Å²) in [5.74, 6) is -1.23. The number of halogens is 2. The summed E-state index contributed by atoms with van der Waals surface area (Å²) < 4.78 is 47.9. The Bertz CT molecular complexity index is 1040. The lowest BCUT2D eigenvalue weighted by Gasteiger charge is -2.34. The van der Waals surface area contributed by atoms with Crippen molar-refractivity contribution in [3.63, 3.8) is 0 Å². The van der Waals surface area contributed by atoms with Gasteiger partial charge in [0.05, 0.1) is 28.2 Å².